The second-order valence-corrected chi connectivity index (χ2v) is 7.03. The van der Waals surface area contributed by atoms with E-state index in [0.717, 1.165) is 19.3 Å². The number of aliphatic hydroxyl groups excluding tert-OH is 1. The van der Waals surface area contributed by atoms with Crippen LogP contribution in [0.15, 0.2) is 4.90 Å². The smallest absolute Gasteiger partial charge is 0.247 e. The molecule has 0 aromatic carbocycles. The number of sulfonamides is 1. The Morgan fingerprint density at radius 1 is 1.35 bits per heavy atom. The van der Waals surface area contributed by atoms with Crippen molar-refractivity contribution in [2.45, 2.75) is 64.5 Å². The Morgan fingerprint density at radius 3 is 2.50 bits per heavy atom. The van der Waals surface area contributed by atoms with E-state index >= 15 is 0 Å². The highest BCUT2D eigenvalue weighted by Gasteiger charge is 2.31. The number of aromatic amines is 1. The molecule has 0 aliphatic heterocycles. The van der Waals surface area contributed by atoms with E-state index in [1.165, 1.54) is 4.31 Å². The van der Waals surface area contributed by atoms with Crippen LogP contribution in [0.25, 0.3) is 0 Å². The number of aliphatic hydroxyl groups is 1. The van der Waals surface area contributed by atoms with E-state index in [1.54, 1.807) is 6.92 Å². The van der Waals surface area contributed by atoms with Crippen LogP contribution in [0.3, 0.4) is 0 Å². The van der Waals surface area contributed by atoms with Crippen molar-refractivity contribution >= 4 is 10.0 Å². The normalized spacial score (nSPS) is 12.6. The molecule has 0 bridgehead atoms. The topological polar surface area (TPSA) is 86.3 Å². The van der Waals surface area contributed by atoms with Crippen molar-refractivity contribution in [3.8, 4) is 0 Å². The molecule has 0 saturated carbocycles. The predicted molar refractivity (Wildman–Crippen MR) is 77.8 cm³/mol. The molecule has 6 nitrogen and oxygen atoms in total. The van der Waals surface area contributed by atoms with Gasteiger partial charge in [-0.05, 0) is 27.2 Å². The van der Waals surface area contributed by atoms with Crippen LogP contribution in [0.4, 0.5) is 0 Å². The zero-order valence-electron chi connectivity index (χ0n) is 12.7. The minimum absolute atomic E-state index is 0.116. The van der Waals surface area contributed by atoms with Gasteiger partial charge in [0.1, 0.15) is 10.6 Å². The lowest BCUT2D eigenvalue weighted by molar-refractivity contribution is 0.272. The summed E-state index contributed by atoms with van der Waals surface area (Å²) in [6.07, 6.45) is 2.87. The lowest BCUT2D eigenvalue weighted by Gasteiger charge is -2.26. The summed E-state index contributed by atoms with van der Waals surface area (Å²) in [5, 5.41) is 15.8. The third-order valence-electron chi connectivity index (χ3n) is 3.24. The maximum Gasteiger partial charge on any atom is 0.247 e. The molecule has 1 rings (SSSR count). The molecule has 0 aliphatic carbocycles. The van der Waals surface area contributed by atoms with E-state index in [0.29, 0.717) is 12.2 Å². The van der Waals surface area contributed by atoms with Crippen LogP contribution < -0.4 is 0 Å². The fourth-order valence-electron chi connectivity index (χ4n) is 2.21. The predicted octanol–water partition coefficient (Wildman–Crippen LogP) is 1.80. The van der Waals surface area contributed by atoms with Crippen molar-refractivity contribution in [2.75, 3.05) is 6.54 Å². The molecule has 116 valence electrons. The van der Waals surface area contributed by atoms with Crippen molar-refractivity contribution in [3.63, 3.8) is 0 Å². The maximum atomic E-state index is 12.8. The maximum absolute atomic E-state index is 12.8. The van der Waals surface area contributed by atoms with Gasteiger partial charge in [0, 0.05) is 12.6 Å². The molecule has 0 amide bonds. The number of aromatic nitrogens is 2. The van der Waals surface area contributed by atoms with Gasteiger partial charge < -0.3 is 5.11 Å². The van der Waals surface area contributed by atoms with Crippen molar-refractivity contribution < 1.29 is 13.5 Å². The standard InChI is InChI=1S/C13H25N3O3S/c1-5-6-7-8-16(10(2)3)20(18,19)13-11(4)14-15-12(13)9-17/h10,17H,5-9H2,1-4H3,(H,14,15). The third-order valence-corrected chi connectivity index (χ3v) is 5.52. The highest BCUT2D eigenvalue weighted by Crippen LogP contribution is 2.24. The minimum Gasteiger partial charge on any atom is -0.390 e. The minimum atomic E-state index is -3.63. The van der Waals surface area contributed by atoms with E-state index in [-0.39, 0.29) is 23.2 Å². The monoisotopic (exact) mass is 303 g/mol. The van der Waals surface area contributed by atoms with Crippen LogP contribution in [0.2, 0.25) is 0 Å². The van der Waals surface area contributed by atoms with Crippen LogP contribution in [-0.2, 0) is 16.6 Å². The largest absolute Gasteiger partial charge is 0.390 e. The molecule has 0 spiro atoms. The third kappa shape index (κ3) is 3.59. The molecule has 0 aliphatic rings. The molecule has 1 aromatic rings. The Kier molecular flexibility index (Phi) is 6.16. The molecule has 7 heteroatoms. The molecular weight excluding hydrogens is 278 g/mol. The lowest BCUT2D eigenvalue weighted by atomic mass is 10.2. The molecule has 2 N–H and O–H groups in total. The summed E-state index contributed by atoms with van der Waals surface area (Å²) in [5.41, 5.74) is 0.652. The Balaban J connectivity index is 3.13. The number of hydrogen-bond donors (Lipinski definition) is 2. The van der Waals surface area contributed by atoms with E-state index in [2.05, 4.69) is 17.1 Å². The van der Waals surface area contributed by atoms with Gasteiger partial charge in [-0.1, -0.05) is 19.8 Å². The fourth-order valence-corrected chi connectivity index (χ4v) is 4.21. The van der Waals surface area contributed by atoms with E-state index in [4.69, 9.17) is 0 Å². The number of hydrogen-bond acceptors (Lipinski definition) is 4. The molecular formula is C13H25N3O3S. The second-order valence-electron chi connectivity index (χ2n) is 5.20. The summed E-state index contributed by atoms with van der Waals surface area (Å²) < 4.78 is 27.1. The van der Waals surface area contributed by atoms with Gasteiger partial charge in [-0.25, -0.2) is 8.42 Å². The Bertz CT molecular complexity index is 523. The van der Waals surface area contributed by atoms with E-state index < -0.39 is 10.0 Å². The van der Waals surface area contributed by atoms with Gasteiger partial charge in [-0.15, -0.1) is 0 Å². The first-order valence-electron chi connectivity index (χ1n) is 7.02. The highest BCUT2D eigenvalue weighted by atomic mass is 32.2. The first-order valence-corrected chi connectivity index (χ1v) is 8.46. The first kappa shape index (κ1) is 17.1. The number of aryl methyl sites for hydroxylation is 1. The molecule has 20 heavy (non-hydrogen) atoms. The van der Waals surface area contributed by atoms with E-state index in [1.807, 2.05) is 13.8 Å². The molecule has 0 fully saturated rings. The molecule has 0 atom stereocenters. The Morgan fingerprint density at radius 2 is 2.00 bits per heavy atom. The average molecular weight is 303 g/mol. The average Bonchev–Trinajstić information content (AvgIpc) is 2.75. The van der Waals surface area contributed by atoms with Gasteiger partial charge >= 0.3 is 0 Å². The van der Waals surface area contributed by atoms with Gasteiger partial charge in [-0.2, -0.15) is 9.40 Å². The zero-order valence-corrected chi connectivity index (χ0v) is 13.5. The van der Waals surface area contributed by atoms with Gasteiger partial charge in [0.25, 0.3) is 0 Å². The second kappa shape index (κ2) is 7.19. The summed E-state index contributed by atoms with van der Waals surface area (Å²) in [4.78, 5) is 0.116. The van der Waals surface area contributed by atoms with Crippen LogP contribution in [0, 0.1) is 6.92 Å². The van der Waals surface area contributed by atoms with Gasteiger partial charge in [-0.3, -0.25) is 5.10 Å². The first-order chi connectivity index (χ1) is 9.36. The van der Waals surface area contributed by atoms with Crippen molar-refractivity contribution in [1.82, 2.24) is 14.5 Å². The van der Waals surface area contributed by atoms with Crippen LogP contribution in [0.5, 0.6) is 0 Å². The van der Waals surface area contributed by atoms with Crippen molar-refractivity contribution in [2.24, 2.45) is 0 Å². The molecule has 0 unspecified atom stereocenters. The van der Waals surface area contributed by atoms with Crippen molar-refractivity contribution in [3.05, 3.63) is 11.4 Å². The summed E-state index contributed by atoms with van der Waals surface area (Å²) in [6, 6.07) is -0.127. The fraction of sp³-hybridized carbons (Fsp3) is 0.769. The van der Waals surface area contributed by atoms with Gasteiger partial charge in [0.15, 0.2) is 0 Å². The Hall–Kier alpha value is -0.920. The van der Waals surface area contributed by atoms with Crippen LogP contribution in [0.1, 0.15) is 51.4 Å². The van der Waals surface area contributed by atoms with Gasteiger partial charge in [0.2, 0.25) is 10.0 Å². The Labute approximate surface area is 121 Å². The summed E-state index contributed by atoms with van der Waals surface area (Å²) >= 11 is 0. The molecule has 0 saturated heterocycles. The zero-order chi connectivity index (χ0) is 15.3. The SMILES string of the molecule is CCCCCN(C(C)C)S(=O)(=O)c1c(CO)n[nH]c1C. The highest BCUT2D eigenvalue weighted by molar-refractivity contribution is 7.89. The number of nitrogens with one attached hydrogen (secondary N) is 1. The molecule has 1 heterocycles. The summed E-state index contributed by atoms with van der Waals surface area (Å²) in [6.45, 7) is 7.56. The number of rotatable bonds is 8. The summed E-state index contributed by atoms with van der Waals surface area (Å²) in [5.74, 6) is 0. The number of H-pyrrole nitrogens is 1. The van der Waals surface area contributed by atoms with Crippen LogP contribution >= 0.6 is 0 Å². The number of unbranched alkanes of at least 4 members (excludes halogenated alkanes) is 2. The summed E-state index contributed by atoms with van der Waals surface area (Å²) in [7, 11) is -3.63. The quantitative estimate of drug-likeness (QED) is 0.717. The number of nitrogens with zero attached hydrogens (tertiary/aromatic N) is 2. The molecule has 0 radical (unpaired) electrons. The molecule has 1 aromatic heterocycles. The van der Waals surface area contributed by atoms with Crippen LogP contribution in [-0.4, -0.2) is 40.6 Å². The van der Waals surface area contributed by atoms with Crippen molar-refractivity contribution in [1.29, 1.82) is 0 Å². The van der Waals surface area contributed by atoms with E-state index in [9.17, 15) is 13.5 Å². The lowest BCUT2D eigenvalue weighted by Crippen LogP contribution is -2.38. The van der Waals surface area contributed by atoms with Gasteiger partial charge in [0.05, 0.1) is 12.3 Å².